The van der Waals surface area contributed by atoms with Gasteiger partial charge in [0.05, 0.1) is 17.6 Å². The molecule has 120 valence electrons. The van der Waals surface area contributed by atoms with E-state index in [-0.39, 0.29) is 5.82 Å². The molecule has 5 nitrogen and oxygen atoms in total. The fourth-order valence-electron chi connectivity index (χ4n) is 3.05. The molecule has 2 aliphatic heterocycles. The monoisotopic (exact) mass is 314 g/mol. The van der Waals surface area contributed by atoms with Crippen LogP contribution in [0.15, 0.2) is 36.9 Å². The van der Waals surface area contributed by atoms with E-state index in [9.17, 15) is 4.39 Å². The third-order valence-electron chi connectivity index (χ3n) is 4.27. The number of imidazole rings is 1. The van der Waals surface area contributed by atoms with Gasteiger partial charge in [-0.2, -0.15) is 0 Å². The molecule has 0 atom stereocenters. The second-order valence-corrected chi connectivity index (χ2v) is 5.79. The minimum Gasteiger partial charge on any atom is -0.496 e. The van der Waals surface area contributed by atoms with Crippen LogP contribution in [0.3, 0.4) is 0 Å². The Morgan fingerprint density at radius 3 is 3.09 bits per heavy atom. The lowest BCUT2D eigenvalue weighted by molar-refractivity contribution is 0.292. The third kappa shape index (κ3) is 2.70. The van der Waals surface area contributed by atoms with Crippen molar-refractivity contribution in [2.45, 2.75) is 6.42 Å². The summed E-state index contributed by atoms with van der Waals surface area (Å²) in [6.07, 6.45) is 10.2. The summed E-state index contributed by atoms with van der Waals surface area (Å²) in [6, 6.07) is 1.84. The minimum absolute atomic E-state index is 0.256. The molecule has 0 aromatic carbocycles. The molecule has 0 bridgehead atoms. The summed E-state index contributed by atoms with van der Waals surface area (Å²) in [4.78, 5) is 6.57. The van der Waals surface area contributed by atoms with Crippen molar-refractivity contribution < 1.29 is 9.13 Å². The van der Waals surface area contributed by atoms with Crippen molar-refractivity contribution in [3.63, 3.8) is 0 Å². The lowest BCUT2D eigenvalue weighted by Gasteiger charge is -2.22. The maximum Gasteiger partial charge on any atom is 0.189 e. The van der Waals surface area contributed by atoms with Gasteiger partial charge in [-0.05, 0) is 25.1 Å². The van der Waals surface area contributed by atoms with Gasteiger partial charge in [0, 0.05) is 37.6 Å². The van der Waals surface area contributed by atoms with Crippen molar-refractivity contribution in [1.82, 2.24) is 14.7 Å². The Balaban J connectivity index is 1.72. The van der Waals surface area contributed by atoms with Crippen LogP contribution in [0, 0.1) is 5.82 Å². The molecule has 2 aliphatic rings. The smallest absolute Gasteiger partial charge is 0.189 e. The standard InChI is InChI=1S/C17H19FN4O/c18-16-15(21-7-2-5-19-6-9-21)4-8-22-11-14(20-17(16)22)13-3-1-10-23-12-13/h1,3-4,8,10-11,19H,2,5-7,9,12H2. The fraction of sp³-hybridized carbons (Fsp3) is 0.353. The number of pyridine rings is 1. The molecule has 1 N–H and O–H groups in total. The summed E-state index contributed by atoms with van der Waals surface area (Å²) >= 11 is 0. The van der Waals surface area contributed by atoms with Crippen LogP contribution in [0.2, 0.25) is 0 Å². The summed E-state index contributed by atoms with van der Waals surface area (Å²) < 4.78 is 22.0. The second kappa shape index (κ2) is 6.04. The number of fused-ring (bicyclic) bond motifs is 1. The Labute approximate surface area is 134 Å². The Kier molecular flexibility index (Phi) is 3.75. The van der Waals surface area contributed by atoms with Gasteiger partial charge in [-0.25, -0.2) is 9.37 Å². The molecule has 4 rings (SSSR count). The highest BCUT2D eigenvalue weighted by atomic mass is 19.1. The molecule has 1 fully saturated rings. The van der Waals surface area contributed by atoms with E-state index < -0.39 is 0 Å². The van der Waals surface area contributed by atoms with Crippen LogP contribution in [0.5, 0.6) is 0 Å². The van der Waals surface area contributed by atoms with Crippen molar-refractivity contribution >= 4 is 16.9 Å². The largest absolute Gasteiger partial charge is 0.496 e. The van der Waals surface area contributed by atoms with Crippen molar-refractivity contribution in [3.8, 4) is 0 Å². The van der Waals surface area contributed by atoms with Crippen LogP contribution >= 0.6 is 0 Å². The summed E-state index contributed by atoms with van der Waals surface area (Å²) in [7, 11) is 0. The fourth-order valence-corrected chi connectivity index (χ4v) is 3.05. The molecule has 2 aromatic rings. The van der Waals surface area contributed by atoms with Gasteiger partial charge in [0.25, 0.3) is 0 Å². The van der Waals surface area contributed by atoms with E-state index in [1.165, 1.54) is 0 Å². The minimum atomic E-state index is -0.256. The number of nitrogens with zero attached hydrogens (tertiary/aromatic N) is 3. The Morgan fingerprint density at radius 2 is 2.22 bits per heavy atom. The summed E-state index contributed by atoms with van der Waals surface area (Å²) in [6.45, 7) is 3.99. The van der Waals surface area contributed by atoms with Gasteiger partial charge >= 0.3 is 0 Å². The highest BCUT2D eigenvalue weighted by Crippen LogP contribution is 2.25. The Hall–Kier alpha value is -2.34. The van der Waals surface area contributed by atoms with Crippen molar-refractivity contribution in [2.24, 2.45) is 0 Å². The first kappa shape index (κ1) is 14.3. The quantitative estimate of drug-likeness (QED) is 0.923. The molecule has 0 aliphatic carbocycles. The molecular weight excluding hydrogens is 295 g/mol. The number of anilines is 1. The number of ether oxygens (including phenoxy) is 1. The van der Waals surface area contributed by atoms with Crippen LogP contribution in [-0.4, -0.2) is 42.2 Å². The van der Waals surface area contributed by atoms with Gasteiger partial charge in [0.1, 0.15) is 6.61 Å². The van der Waals surface area contributed by atoms with E-state index in [0.717, 1.165) is 43.9 Å². The normalized spacial score (nSPS) is 18.7. The van der Waals surface area contributed by atoms with Crippen LogP contribution in [0.4, 0.5) is 10.1 Å². The van der Waals surface area contributed by atoms with E-state index >= 15 is 0 Å². The lowest BCUT2D eigenvalue weighted by Crippen LogP contribution is -2.28. The van der Waals surface area contributed by atoms with Crippen LogP contribution in [0.25, 0.3) is 11.2 Å². The van der Waals surface area contributed by atoms with E-state index in [0.29, 0.717) is 17.9 Å². The molecule has 2 aromatic heterocycles. The average molecular weight is 314 g/mol. The first-order chi connectivity index (χ1) is 11.3. The number of allylic oxidation sites excluding steroid dienone is 2. The molecule has 0 unspecified atom stereocenters. The molecule has 0 radical (unpaired) electrons. The zero-order chi connectivity index (χ0) is 15.6. The highest BCUT2D eigenvalue weighted by Gasteiger charge is 2.18. The Morgan fingerprint density at radius 1 is 1.26 bits per heavy atom. The van der Waals surface area contributed by atoms with Gasteiger partial charge < -0.3 is 19.4 Å². The second-order valence-electron chi connectivity index (χ2n) is 5.79. The van der Waals surface area contributed by atoms with E-state index in [1.54, 1.807) is 10.7 Å². The molecule has 0 saturated carbocycles. The predicted molar refractivity (Wildman–Crippen MR) is 87.9 cm³/mol. The molecule has 0 spiro atoms. The molecule has 4 heterocycles. The van der Waals surface area contributed by atoms with E-state index in [4.69, 9.17) is 4.74 Å². The first-order valence-corrected chi connectivity index (χ1v) is 7.93. The predicted octanol–water partition coefficient (Wildman–Crippen LogP) is 2.20. The number of nitrogens with one attached hydrogen (secondary N) is 1. The van der Waals surface area contributed by atoms with Crippen LogP contribution in [-0.2, 0) is 4.74 Å². The average Bonchev–Trinajstić information content (AvgIpc) is 2.85. The zero-order valence-electron chi connectivity index (χ0n) is 12.8. The van der Waals surface area contributed by atoms with E-state index in [1.807, 2.05) is 30.6 Å². The summed E-state index contributed by atoms with van der Waals surface area (Å²) in [5, 5.41) is 3.34. The highest BCUT2D eigenvalue weighted by molar-refractivity contribution is 5.69. The van der Waals surface area contributed by atoms with Gasteiger partial charge in [0.2, 0.25) is 0 Å². The molecular formula is C17H19FN4O. The third-order valence-corrected chi connectivity index (χ3v) is 4.27. The number of rotatable bonds is 2. The van der Waals surface area contributed by atoms with Gasteiger partial charge in [-0.15, -0.1) is 0 Å². The number of hydrogen-bond acceptors (Lipinski definition) is 4. The lowest BCUT2D eigenvalue weighted by atomic mass is 10.2. The maximum atomic E-state index is 15.0. The van der Waals surface area contributed by atoms with E-state index in [2.05, 4.69) is 15.2 Å². The number of aromatic nitrogens is 2. The Bertz CT molecular complexity index is 772. The van der Waals surface area contributed by atoms with Crippen molar-refractivity contribution in [1.29, 1.82) is 0 Å². The molecule has 1 saturated heterocycles. The van der Waals surface area contributed by atoms with Crippen molar-refractivity contribution in [2.75, 3.05) is 37.7 Å². The topological polar surface area (TPSA) is 41.8 Å². The first-order valence-electron chi connectivity index (χ1n) is 7.93. The van der Waals surface area contributed by atoms with Crippen molar-refractivity contribution in [3.05, 3.63) is 48.4 Å². The number of hydrogen-bond donors (Lipinski definition) is 1. The molecule has 0 amide bonds. The van der Waals surface area contributed by atoms with Gasteiger partial charge in [-0.1, -0.05) is 6.08 Å². The van der Waals surface area contributed by atoms with Crippen LogP contribution in [0.1, 0.15) is 12.1 Å². The van der Waals surface area contributed by atoms with Crippen LogP contribution < -0.4 is 10.2 Å². The SMILES string of the molecule is Fc1c(N2CCCNCC2)ccn2cc(C3=CC=COC3)nc12. The maximum absolute atomic E-state index is 15.0. The number of halogens is 1. The summed E-state index contributed by atoms with van der Waals surface area (Å²) in [5.74, 6) is -0.256. The van der Waals surface area contributed by atoms with Gasteiger partial charge in [0.15, 0.2) is 11.5 Å². The molecule has 6 heteroatoms. The van der Waals surface area contributed by atoms with Gasteiger partial charge in [-0.3, -0.25) is 0 Å². The zero-order valence-corrected chi connectivity index (χ0v) is 12.8. The summed E-state index contributed by atoms with van der Waals surface area (Å²) in [5.41, 5.74) is 2.70. The molecule has 23 heavy (non-hydrogen) atoms.